The molecule has 0 aromatic carbocycles. The van der Waals surface area contributed by atoms with Gasteiger partial charge in [-0.05, 0) is 0 Å². The zero-order valence-corrected chi connectivity index (χ0v) is 20.8. The Balaban J connectivity index is 1.71. The van der Waals surface area contributed by atoms with E-state index in [1.807, 2.05) is 0 Å². The first kappa shape index (κ1) is 32.3. The number of imide groups is 1. The van der Waals surface area contributed by atoms with Gasteiger partial charge in [-0.2, -0.15) is 0 Å². The van der Waals surface area contributed by atoms with Crippen LogP contribution < -0.4 is 0 Å². The quantitative estimate of drug-likeness (QED) is 0.0655. The molecule has 1 rings (SSSR count). The fourth-order valence-corrected chi connectivity index (χ4v) is 2.62. The van der Waals surface area contributed by atoms with Gasteiger partial charge in [0.1, 0.15) is 6.61 Å². The van der Waals surface area contributed by atoms with E-state index in [9.17, 15) is 24.0 Å². The zero-order chi connectivity index (χ0) is 27.1. The van der Waals surface area contributed by atoms with Gasteiger partial charge in [-0.3, -0.25) is 24.1 Å². The minimum atomic E-state index is -1.57. The fourth-order valence-electron chi connectivity index (χ4n) is 2.62. The van der Waals surface area contributed by atoms with Crippen LogP contribution in [0.25, 0.3) is 0 Å². The van der Waals surface area contributed by atoms with Gasteiger partial charge < -0.3 is 38.3 Å². The highest BCUT2D eigenvalue weighted by atomic mass is 16.6. The molecule has 1 aliphatic rings. The van der Waals surface area contributed by atoms with Crippen molar-refractivity contribution in [3.8, 4) is 0 Å². The summed E-state index contributed by atoms with van der Waals surface area (Å²) >= 11 is 0. The van der Waals surface area contributed by atoms with Crippen LogP contribution >= 0.6 is 0 Å². The van der Waals surface area contributed by atoms with Crippen LogP contribution in [-0.2, 0) is 57.1 Å². The van der Waals surface area contributed by atoms with Gasteiger partial charge in [0, 0.05) is 18.6 Å². The maximum absolute atomic E-state index is 11.3. The summed E-state index contributed by atoms with van der Waals surface area (Å²) in [4.78, 5) is 56.3. The van der Waals surface area contributed by atoms with Gasteiger partial charge in [-0.15, -0.1) is 0 Å². The predicted octanol–water partition coefficient (Wildman–Crippen LogP) is -1.01. The molecule has 0 fully saturated rings. The zero-order valence-electron chi connectivity index (χ0n) is 20.8. The van der Waals surface area contributed by atoms with E-state index in [0.717, 1.165) is 4.90 Å². The van der Waals surface area contributed by atoms with Crippen LogP contribution in [0, 0.1) is 0 Å². The highest BCUT2D eigenvalue weighted by Crippen LogP contribution is 2.02. The molecule has 0 spiro atoms. The maximum atomic E-state index is 11.3. The summed E-state index contributed by atoms with van der Waals surface area (Å²) in [5.74, 6) is -3.91. The Bertz CT molecular complexity index is 722. The number of Topliss-reactive ketones (excluding diaryl/α,β-unsaturated/α-hetero) is 1. The van der Waals surface area contributed by atoms with Gasteiger partial charge in [0.05, 0.1) is 92.2 Å². The number of hydrogen-bond acceptors (Lipinski definition) is 12. The van der Waals surface area contributed by atoms with Crippen molar-refractivity contribution < 1.29 is 62.2 Å². The van der Waals surface area contributed by atoms with Crippen LogP contribution in [0.4, 0.5) is 0 Å². The lowest BCUT2D eigenvalue weighted by molar-refractivity contribution is -0.151. The van der Waals surface area contributed by atoms with Gasteiger partial charge >= 0.3 is 11.9 Å². The van der Waals surface area contributed by atoms with Crippen molar-refractivity contribution in [3.63, 3.8) is 0 Å². The number of nitrogens with zero attached hydrogens (tertiary/aromatic N) is 1. The minimum absolute atomic E-state index is 0.00528. The number of aliphatic carboxylic acids is 1. The number of ether oxygens (including phenoxy) is 7. The summed E-state index contributed by atoms with van der Waals surface area (Å²) in [6, 6.07) is 0. The summed E-state index contributed by atoms with van der Waals surface area (Å²) in [6.07, 6.45) is 1.80. The molecule has 37 heavy (non-hydrogen) atoms. The third-order valence-electron chi connectivity index (χ3n) is 4.51. The van der Waals surface area contributed by atoms with Crippen molar-refractivity contribution in [2.45, 2.75) is 12.8 Å². The molecule has 14 heteroatoms. The third-order valence-corrected chi connectivity index (χ3v) is 4.51. The molecule has 0 radical (unpaired) electrons. The largest absolute Gasteiger partial charge is 0.476 e. The number of carbonyl (C=O) groups is 5. The molecule has 0 unspecified atom stereocenters. The second-order valence-electron chi connectivity index (χ2n) is 7.28. The van der Waals surface area contributed by atoms with Gasteiger partial charge in [-0.1, -0.05) is 0 Å². The van der Waals surface area contributed by atoms with E-state index in [1.165, 1.54) is 12.2 Å². The van der Waals surface area contributed by atoms with Gasteiger partial charge in [0.15, 0.2) is 0 Å². The van der Waals surface area contributed by atoms with E-state index in [0.29, 0.717) is 66.1 Å². The van der Waals surface area contributed by atoms with Crippen molar-refractivity contribution in [2.24, 2.45) is 0 Å². The molecular formula is C23H35NO13. The molecule has 0 aliphatic carbocycles. The molecule has 2 amide bonds. The predicted molar refractivity (Wildman–Crippen MR) is 124 cm³/mol. The molecule has 0 bridgehead atoms. The Morgan fingerprint density at radius 3 is 1.38 bits per heavy atom. The molecule has 0 aromatic heterocycles. The van der Waals surface area contributed by atoms with Gasteiger partial charge in [-0.25, -0.2) is 4.79 Å². The SMILES string of the molecule is O=C(CCC(=O)C(=O)O)OCCOCCOCCOCCOCCOCCOCCN1C(=O)C=CC1=O. The van der Waals surface area contributed by atoms with E-state index in [2.05, 4.69) is 0 Å². The molecule has 1 heterocycles. The lowest BCUT2D eigenvalue weighted by Crippen LogP contribution is -2.33. The van der Waals surface area contributed by atoms with E-state index in [-0.39, 0.29) is 44.6 Å². The van der Waals surface area contributed by atoms with Crippen molar-refractivity contribution in [3.05, 3.63) is 12.2 Å². The number of esters is 1. The molecule has 1 aliphatic heterocycles. The maximum Gasteiger partial charge on any atom is 0.372 e. The number of rotatable bonds is 25. The molecule has 0 atom stereocenters. The Morgan fingerprint density at radius 2 is 0.973 bits per heavy atom. The Labute approximate surface area is 214 Å². The Kier molecular flexibility index (Phi) is 18.6. The van der Waals surface area contributed by atoms with E-state index in [4.69, 9.17) is 38.3 Å². The van der Waals surface area contributed by atoms with Crippen LogP contribution in [-0.4, -0.2) is 132 Å². The molecule has 14 nitrogen and oxygen atoms in total. The van der Waals surface area contributed by atoms with Crippen LogP contribution in [0.15, 0.2) is 12.2 Å². The smallest absolute Gasteiger partial charge is 0.372 e. The van der Waals surface area contributed by atoms with Crippen LogP contribution in [0.3, 0.4) is 0 Å². The molecular weight excluding hydrogens is 498 g/mol. The number of amides is 2. The first-order valence-corrected chi connectivity index (χ1v) is 11.8. The molecule has 0 saturated carbocycles. The third kappa shape index (κ3) is 17.4. The summed E-state index contributed by atoms with van der Waals surface area (Å²) in [5.41, 5.74) is 0. The average Bonchev–Trinajstić information content (AvgIpc) is 3.20. The fraction of sp³-hybridized carbons (Fsp3) is 0.696. The van der Waals surface area contributed by atoms with Gasteiger partial charge in [0.2, 0.25) is 5.78 Å². The van der Waals surface area contributed by atoms with Gasteiger partial charge in [0.25, 0.3) is 11.8 Å². The molecule has 0 aromatic rings. The summed E-state index contributed by atoms with van der Waals surface area (Å²) in [5, 5.41) is 8.41. The monoisotopic (exact) mass is 533 g/mol. The second kappa shape index (κ2) is 21.3. The van der Waals surface area contributed by atoms with Crippen molar-refractivity contribution in [1.29, 1.82) is 0 Å². The topological polar surface area (TPSA) is 173 Å². The Hall–Kier alpha value is -2.75. The standard InChI is InChI=1S/C23H35NO13/c25-19(23(29)30)1-4-22(28)37-18-17-36-16-15-35-14-13-34-12-11-33-10-9-32-8-7-31-6-5-24-20(26)2-3-21(24)27/h2-3H,1,4-18H2,(H,29,30). The van der Waals surface area contributed by atoms with Crippen molar-refractivity contribution >= 4 is 29.5 Å². The van der Waals surface area contributed by atoms with Crippen molar-refractivity contribution in [1.82, 2.24) is 4.90 Å². The number of carboxylic acid groups (broad SMARTS) is 1. The van der Waals surface area contributed by atoms with E-state index >= 15 is 0 Å². The number of hydrogen-bond donors (Lipinski definition) is 1. The lowest BCUT2D eigenvalue weighted by Gasteiger charge is -2.13. The Morgan fingerprint density at radius 1 is 0.595 bits per heavy atom. The lowest BCUT2D eigenvalue weighted by atomic mass is 10.2. The number of ketones is 1. The molecule has 210 valence electrons. The summed E-state index contributed by atoms with van der Waals surface area (Å²) < 4.78 is 36.8. The number of carboxylic acids is 1. The second-order valence-corrected chi connectivity index (χ2v) is 7.28. The normalized spacial score (nSPS) is 12.9. The minimum Gasteiger partial charge on any atom is -0.476 e. The summed E-state index contributed by atoms with van der Waals surface area (Å²) in [7, 11) is 0. The van der Waals surface area contributed by atoms with Crippen LogP contribution in [0.1, 0.15) is 12.8 Å². The molecule has 1 N–H and O–H groups in total. The highest BCUT2D eigenvalue weighted by Gasteiger charge is 2.22. The number of carbonyl (C=O) groups excluding carboxylic acids is 4. The first-order chi connectivity index (χ1) is 17.9. The van der Waals surface area contributed by atoms with Crippen molar-refractivity contribution in [2.75, 3.05) is 92.4 Å². The average molecular weight is 534 g/mol. The van der Waals surface area contributed by atoms with Crippen LogP contribution in [0.2, 0.25) is 0 Å². The van der Waals surface area contributed by atoms with E-state index < -0.39 is 24.1 Å². The first-order valence-electron chi connectivity index (χ1n) is 11.8. The van der Waals surface area contributed by atoms with E-state index in [1.54, 1.807) is 0 Å². The molecule has 0 saturated heterocycles. The van der Waals surface area contributed by atoms with Crippen LogP contribution in [0.5, 0.6) is 0 Å². The summed E-state index contributed by atoms with van der Waals surface area (Å²) in [6.45, 7) is 4.44. The highest BCUT2D eigenvalue weighted by molar-refractivity contribution is 6.32.